The minimum Gasteiger partial charge on any atom is -0.506 e. The van der Waals surface area contributed by atoms with E-state index in [1.54, 1.807) is 12.1 Å². The quantitative estimate of drug-likeness (QED) is 0.440. The maximum Gasteiger partial charge on any atom is 0.233 e. The Labute approximate surface area is 169 Å². The number of aromatic hydroxyl groups is 1. The average molecular weight is 397 g/mol. The topological polar surface area (TPSA) is 135 Å². The van der Waals surface area contributed by atoms with E-state index in [4.69, 9.17) is 16.3 Å². The van der Waals surface area contributed by atoms with E-state index >= 15 is 0 Å². The number of fused-ring (bicyclic) bond motifs is 2. The van der Waals surface area contributed by atoms with Crippen molar-refractivity contribution in [1.82, 2.24) is 20.5 Å². The minimum absolute atomic E-state index is 0.0536. The predicted molar refractivity (Wildman–Crippen MR) is 110 cm³/mol. The second-order valence-electron chi connectivity index (χ2n) is 8.46. The van der Waals surface area contributed by atoms with Crippen molar-refractivity contribution in [3.05, 3.63) is 36.8 Å². The number of anilines is 1. The third-order valence-electron chi connectivity index (χ3n) is 5.76. The van der Waals surface area contributed by atoms with Crippen LogP contribution < -0.4 is 26.6 Å². The number of ether oxygens (including phenoxy) is 1. The van der Waals surface area contributed by atoms with Crippen LogP contribution in [0.2, 0.25) is 0 Å². The van der Waals surface area contributed by atoms with E-state index in [0.29, 0.717) is 23.0 Å². The van der Waals surface area contributed by atoms with Gasteiger partial charge in [0.05, 0.1) is 11.9 Å². The van der Waals surface area contributed by atoms with Crippen molar-refractivity contribution in [2.75, 3.05) is 5.01 Å². The molecule has 2 aromatic rings. The van der Waals surface area contributed by atoms with Crippen molar-refractivity contribution in [2.45, 2.75) is 56.7 Å². The molecule has 4 rings (SSSR count). The van der Waals surface area contributed by atoms with Gasteiger partial charge in [0, 0.05) is 48.5 Å². The molecule has 0 amide bonds. The molecular formula is C20H27N7O2. The summed E-state index contributed by atoms with van der Waals surface area (Å²) in [5.74, 6) is 6.20. The van der Waals surface area contributed by atoms with Gasteiger partial charge in [-0.2, -0.15) is 0 Å². The van der Waals surface area contributed by atoms with E-state index in [9.17, 15) is 5.11 Å². The van der Waals surface area contributed by atoms with Gasteiger partial charge in [-0.25, -0.2) is 10.8 Å². The molecule has 2 fully saturated rings. The van der Waals surface area contributed by atoms with Gasteiger partial charge in [0.1, 0.15) is 23.2 Å². The molecule has 0 spiro atoms. The standard InChI is InChI=1S/C20H27N7O2/c1-19-5-6-20(2,26-19)11-14(10-19)29-17-4-3-15(24-25-17)18-16(28)9-13(12-23-18)27(22)8-7-21/h3-4,7-9,12,14,26,28H,5-6,10-11,21-22H2,1-2H3/b8-7-/t14?,19-,20+. The van der Waals surface area contributed by atoms with Crippen LogP contribution in [0.3, 0.4) is 0 Å². The molecule has 4 heterocycles. The second kappa shape index (κ2) is 7.16. The number of nitrogens with one attached hydrogen (secondary N) is 1. The van der Waals surface area contributed by atoms with E-state index in [1.807, 2.05) is 0 Å². The van der Waals surface area contributed by atoms with Crippen LogP contribution in [-0.2, 0) is 0 Å². The normalized spacial score (nSPS) is 28.6. The highest BCUT2D eigenvalue weighted by atomic mass is 16.5. The van der Waals surface area contributed by atoms with E-state index in [2.05, 4.69) is 34.3 Å². The lowest BCUT2D eigenvalue weighted by molar-refractivity contribution is 0.0754. The van der Waals surface area contributed by atoms with Crippen LogP contribution in [0.5, 0.6) is 11.6 Å². The van der Waals surface area contributed by atoms with Gasteiger partial charge in [-0.05, 0) is 32.8 Å². The number of hydrazine groups is 1. The molecule has 0 saturated carbocycles. The third kappa shape index (κ3) is 3.96. The highest BCUT2D eigenvalue weighted by molar-refractivity contribution is 5.65. The van der Waals surface area contributed by atoms with Gasteiger partial charge in [0.25, 0.3) is 0 Å². The van der Waals surface area contributed by atoms with Crippen LogP contribution in [0.25, 0.3) is 11.4 Å². The Morgan fingerprint density at radius 2 is 1.97 bits per heavy atom. The average Bonchev–Trinajstić information content (AvgIpc) is 2.90. The lowest BCUT2D eigenvalue weighted by Crippen LogP contribution is -2.56. The van der Waals surface area contributed by atoms with Crippen LogP contribution in [0.15, 0.2) is 36.8 Å². The number of pyridine rings is 1. The molecule has 0 aliphatic carbocycles. The Morgan fingerprint density at radius 1 is 1.24 bits per heavy atom. The maximum absolute atomic E-state index is 10.3. The molecule has 2 saturated heterocycles. The summed E-state index contributed by atoms with van der Waals surface area (Å²) in [6, 6.07) is 4.99. The van der Waals surface area contributed by atoms with Gasteiger partial charge in [-0.3, -0.25) is 5.01 Å². The summed E-state index contributed by atoms with van der Waals surface area (Å²) < 4.78 is 6.13. The van der Waals surface area contributed by atoms with Crippen molar-refractivity contribution in [3.63, 3.8) is 0 Å². The molecule has 29 heavy (non-hydrogen) atoms. The first-order chi connectivity index (χ1) is 13.8. The summed E-state index contributed by atoms with van der Waals surface area (Å²) in [5, 5.41) is 23.7. The van der Waals surface area contributed by atoms with Crippen molar-refractivity contribution < 1.29 is 9.84 Å². The zero-order valence-electron chi connectivity index (χ0n) is 16.7. The fraction of sp³-hybridized carbons (Fsp3) is 0.450. The highest BCUT2D eigenvalue weighted by Crippen LogP contribution is 2.43. The number of nitrogens with zero attached hydrogens (tertiary/aromatic N) is 4. The number of aromatic nitrogens is 3. The molecule has 2 aliphatic rings. The van der Waals surface area contributed by atoms with Crippen LogP contribution in [0.4, 0.5) is 5.69 Å². The van der Waals surface area contributed by atoms with Crippen molar-refractivity contribution in [1.29, 1.82) is 0 Å². The largest absolute Gasteiger partial charge is 0.506 e. The molecule has 9 nitrogen and oxygen atoms in total. The summed E-state index contributed by atoms with van der Waals surface area (Å²) in [6.45, 7) is 4.51. The van der Waals surface area contributed by atoms with Gasteiger partial charge >= 0.3 is 0 Å². The summed E-state index contributed by atoms with van der Waals surface area (Å²) in [4.78, 5) is 4.25. The van der Waals surface area contributed by atoms with Crippen LogP contribution in [-0.4, -0.2) is 37.5 Å². The summed E-state index contributed by atoms with van der Waals surface area (Å²) in [6.07, 6.45) is 8.59. The van der Waals surface area contributed by atoms with Crippen LogP contribution >= 0.6 is 0 Å². The lowest BCUT2D eigenvalue weighted by atomic mass is 9.86. The molecule has 0 radical (unpaired) electrons. The number of hydrogen-bond acceptors (Lipinski definition) is 9. The van der Waals surface area contributed by atoms with E-state index < -0.39 is 0 Å². The van der Waals surface area contributed by atoms with E-state index in [-0.39, 0.29) is 22.9 Å². The Kier molecular flexibility index (Phi) is 4.79. The Hall–Kier alpha value is -2.91. The second-order valence-corrected chi connectivity index (χ2v) is 8.46. The molecule has 154 valence electrons. The molecule has 1 unspecified atom stereocenters. The molecule has 2 aliphatic heterocycles. The molecule has 2 aromatic heterocycles. The number of rotatable bonds is 5. The SMILES string of the molecule is C[C@]12CC[C@](C)(CC(Oc3ccc(-c4ncc(N(N)/C=C\N)cc4O)nn3)C1)N2. The zero-order valence-corrected chi connectivity index (χ0v) is 16.7. The van der Waals surface area contributed by atoms with Crippen LogP contribution in [0.1, 0.15) is 39.5 Å². The highest BCUT2D eigenvalue weighted by Gasteiger charge is 2.49. The summed E-state index contributed by atoms with van der Waals surface area (Å²) in [5.41, 5.74) is 6.82. The van der Waals surface area contributed by atoms with Gasteiger partial charge in [0.2, 0.25) is 5.88 Å². The first-order valence-electron chi connectivity index (χ1n) is 9.71. The van der Waals surface area contributed by atoms with Gasteiger partial charge < -0.3 is 20.9 Å². The molecule has 6 N–H and O–H groups in total. The molecule has 2 bridgehead atoms. The number of hydrogen-bond donors (Lipinski definition) is 4. The predicted octanol–water partition coefficient (Wildman–Crippen LogP) is 1.80. The van der Waals surface area contributed by atoms with Gasteiger partial charge in [-0.15, -0.1) is 10.2 Å². The Morgan fingerprint density at radius 3 is 2.55 bits per heavy atom. The van der Waals surface area contributed by atoms with Crippen molar-refractivity contribution >= 4 is 5.69 Å². The summed E-state index contributed by atoms with van der Waals surface area (Å²) in [7, 11) is 0. The minimum atomic E-state index is -0.0536. The van der Waals surface area contributed by atoms with Crippen molar-refractivity contribution in [2.24, 2.45) is 11.6 Å². The smallest absolute Gasteiger partial charge is 0.233 e. The van der Waals surface area contributed by atoms with Gasteiger partial charge in [-0.1, -0.05) is 0 Å². The fourth-order valence-corrected chi connectivity index (χ4v) is 4.51. The third-order valence-corrected chi connectivity index (χ3v) is 5.76. The van der Waals surface area contributed by atoms with Crippen molar-refractivity contribution in [3.8, 4) is 23.0 Å². The first kappa shape index (κ1) is 19.4. The lowest BCUT2D eigenvalue weighted by Gasteiger charge is -2.41. The van der Waals surface area contributed by atoms with Gasteiger partial charge in [0.15, 0.2) is 0 Å². The number of piperidine rings is 1. The molecular weight excluding hydrogens is 370 g/mol. The summed E-state index contributed by atoms with van der Waals surface area (Å²) >= 11 is 0. The maximum atomic E-state index is 10.3. The monoisotopic (exact) mass is 397 g/mol. The Bertz CT molecular complexity index is 902. The van der Waals surface area contributed by atoms with E-state index in [1.165, 1.54) is 29.7 Å². The Balaban J connectivity index is 1.47. The zero-order chi connectivity index (χ0) is 20.6. The fourth-order valence-electron chi connectivity index (χ4n) is 4.51. The van der Waals surface area contributed by atoms with Crippen LogP contribution in [0, 0.1) is 0 Å². The number of nitrogens with two attached hydrogens (primary N) is 2. The first-order valence-corrected chi connectivity index (χ1v) is 9.71. The molecule has 9 heteroatoms. The van der Waals surface area contributed by atoms with E-state index in [0.717, 1.165) is 25.7 Å². The molecule has 0 aromatic carbocycles. The molecule has 3 atom stereocenters.